The Morgan fingerprint density at radius 3 is 2.48 bits per heavy atom. The van der Waals surface area contributed by atoms with Crippen LogP contribution >= 0.6 is 0 Å². The van der Waals surface area contributed by atoms with Crippen LogP contribution in [0.4, 0.5) is 0 Å². The first-order valence-corrected chi connectivity index (χ1v) is 8.63. The van der Waals surface area contributed by atoms with Gasteiger partial charge in [0.2, 0.25) is 11.8 Å². The molecule has 2 aromatic carbocycles. The number of carbonyl (C=O) groups excluding carboxylic acids is 2. The van der Waals surface area contributed by atoms with Crippen molar-refractivity contribution in [2.24, 2.45) is 5.92 Å². The molecular weight excluding hydrogens is 316 g/mol. The second kappa shape index (κ2) is 9.18. The first-order chi connectivity index (χ1) is 12.0. The van der Waals surface area contributed by atoms with Gasteiger partial charge in [-0.25, -0.2) is 0 Å². The highest BCUT2D eigenvalue weighted by atomic mass is 16.3. The Bertz CT molecular complexity index is 722. The standard InChI is InChI=1S/C20H26N2O3/c1-14(2)10-17(13-23)22-20(25)12-21-19(24)11-16-8-5-7-15-6-3-4-9-18(15)16/h3-9,14,17,23H,10-13H2,1-2H3,(H,21,24)(H,22,25). The molecule has 0 saturated heterocycles. The third kappa shape index (κ3) is 5.87. The zero-order valence-corrected chi connectivity index (χ0v) is 14.8. The van der Waals surface area contributed by atoms with Gasteiger partial charge in [-0.1, -0.05) is 56.3 Å². The summed E-state index contributed by atoms with van der Waals surface area (Å²) in [4.78, 5) is 24.1. The van der Waals surface area contributed by atoms with E-state index in [0.717, 1.165) is 16.3 Å². The predicted molar refractivity (Wildman–Crippen MR) is 99.1 cm³/mol. The molecule has 5 nitrogen and oxygen atoms in total. The molecule has 0 saturated carbocycles. The molecule has 5 heteroatoms. The van der Waals surface area contributed by atoms with Gasteiger partial charge in [-0.3, -0.25) is 9.59 Å². The highest BCUT2D eigenvalue weighted by Crippen LogP contribution is 2.18. The summed E-state index contributed by atoms with van der Waals surface area (Å²) in [6.45, 7) is 3.87. The van der Waals surface area contributed by atoms with Gasteiger partial charge in [0.25, 0.3) is 0 Å². The van der Waals surface area contributed by atoms with Gasteiger partial charge in [0.05, 0.1) is 25.6 Å². The number of hydrogen-bond donors (Lipinski definition) is 3. The second-order valence-corrected chi connectivity index (χ2v) is 6.67. The van der Waals surface area contributed by atoms with Gasteiger partial charge in [-0.2, -0.15) is 0 Å². The van der Waals surface area contributed by atoms with Crippen molar-refractivity contribution in [1.82, 2.24) is 10.6 Å². The average molecular weight is 342 g/mol. The van der Waals surface area contributed by atoms with Gasteiger partial charge < -0.3 is 15.7 Å². The van der Waals surface area contributed by atoms with Gasteiger partial charge in [-0.15, -0.1) is 0 Å². The lowest BCUT2D eigenvalue weighted by Crippen LogP contribution is -2.44. The maximum Gasteiger partial charge on any atom is 0.239 e. The lowest BCUT2D eigenvalue weighted by atomic mass is 10.0. The summed E-state index contributed by atoms with van der Waals surface area (Å²) in [6, 6.07) is 13.5. The molecule has 134 valence electrons. The number of rotatable bonds is 8. The first kappa shape index (κ1) is 18.9. The highest BCUT2D eigenvalue weighted by Gasteiger charge is 2.14. The van der Waals surface area contributed by atoms with Crippen molar-refractivity contribution >= 4 is 22.6 Å². The van der Waals surface area contributed by atoms with E-state index in [4.69, 9.17) is 0 Å². The van der Waals surface area contributed by atoms with E-state index in [-0.39, 0.29) is 37.4 Å². The van der Waals surface area contributed by atoms with E-state index in [9.17, 15) is 14.7 Å². The van der Waals surface area contributed by atoms with Crippen LogP contribution in [-0.4, -0.2) is 36.1 Å². The van der Waals surface area contributed by atoms with Crippen molar-refractivity contribution in [3.8, 4) is 0 Å². The minimum Gasteiger partial charge on any atom is -0.394 e. The minimum atomic E-state index is -0.286. The normalized spacial score (nSPS) is 12.2. The smallest absolute Gasteiger partial charge is 0.239 e. The van der Waals surface area contributed by atoms with Crippen LogP contribution in [0.5, 0.6) is 0 Å². The zero-order chi connectivity index (χ0) is 18.2. The van der Waals surface area contributed by atoms with Crippen molar-refractivity contribution in [2.45, 2.75) is 32.7 Å². The summed E-state index contributed by atoms with van der Waals surface area (Å²) in [5, 5.41) is 16.8. The summed E-state index contributed by atoms with van der Waals surface area (Å²) in [7, 11) is 0. The molecule has 2 aromatic rings. The molecule has 25 heavy (non-hydrogen) atoms. The molecule has 3 N–H and O–H groups in total. The molecule has 0 bridgehead atoms. The molecule has 0 fully saturated rings. The molecule has 0 heterocycles. The molecule has 0 aliphatic rings. The Hall–Kier alpha value is -2.40. The molecular formula is C20H26N2O3. The largest absolute Gasteiger partial charge is 0.394 e. The van der Waals surface area contributed by atoms with E-state index >= 15 is 0 Å². The summed E-state index contributed by atoms with van der Waals surface area (Å²) in [5.74, 6) is -0.111. The van der Waals surface area contributed by atoms with Crippen LogP contribution in [0.25, 0.3) is 10.8 Å². The number of amides is 2. The van der Waals surface area contributed by atoms with Crippen molar-refractivity contribution in [2.75, 3.05) is 13.2 Å². The van der Waals surface area contributed by atoms with Crippen LogP contribution in [0.1, 0.15) is 25.8 Å². The Morgan fingerprint density at radius 2 is 1.76 bits per heavy atom. The molecule has 2 amide bonds. The number of benzene rings is 2. The maximum atomic E-state index is 12.2. The van der Waals surface area contributed by atoms with E-state index in [1.54, 1.807) is 0 Å². The van der Waals surface area contributed by atoms with E-state index in [0.29, 0.717) is 12.3 Å². The van der Waals surface area contributed by atoms with Gasteiger partial charge in [0.1, 0.15) is 0 Å². The first-order valence-electron chi connectivity index (χ1n) is 8.63. The van der Waals surface area contributed by atoms with Crippen LogP contribution in [0.2, 0.25) is 0 Å². The van der Waals surface area contributed by atoms with Crippen molar-refractivity contribution in [3.05, 3.63) is 48.0 Å². The summed E-state index contributed by atoms with van der Waals surface area (Å²) >= 11 is 0. The van der Waals surface area contributed by atoms with Crippen LogP contribution < -0.4 is 10.6 Å². The topological polar surface area (TPSA) is 78.4 Å². The van der Waals surface area contributed by atoms with Crippen molar-refractivity contribution in [3.63, 3.8) is 0 Å². The Morgan fingerprint density at radius 1 is 1.04 bits per heavy atom. The summed E-state index contributed by atoms with van der Waals surface area (Å²) in [5.41, 5.74) is 0.934. The number of aliphatic hydroxyl groups excluding tert-OH is 1. The number of aliphatic hydroxyl groups is 1. The predicted octanol–water partition coefficient (Wildman–Crippen LogP) is 2.02. The maximum absolute atomic E-state index is 12.2. The van der Waals surface area contributed by atoms with Crippen LogP contribution in [-0.2, 0) is 16.0 Å². The molecule has 0 spiro atoms. The Labute approximate surface area is 148 Å². The van der Waals surface area contributed by atoms with Gasteiger partial charge in [0.15, 0.2) is 0 Å². The monoisotopic (exact) mass is 342 g/mol. The molecule has 0 aliphatic carbocycles. The Kier molecular flexibility index (Phi) is 6.95. The van der Waals surface area contributed by atoms with Crippen LogP contribution in [0, 0.1) is 5.92 Å². The molecule has 1 unspecified atom stereocenters. The fraction of sp³-hybridized carbons (Fsp3) is 0.400. The average Bonchev–Trinajstić information content (AvgIpc) is 2.59. The van der Waals surface area contributed by atoms with Crippen LogP contribution in [0.15, 0.2) is 42.5 Å². The molecule has 0 radical (unpaired) electrons. The molecule has 0 aliphatic heterocycles. The van der Waals surface area contributed by atoms with E-state index in [1.807, 2.05) is 56.3 Å². The molecule has 0 aromatic heterocycles. The van der Waals surface area contributed by atoms with E-state index < -0.39 is 0 Å². The third-order valence-corrected chi connectivity index (χ3v) is 4.02. The van der Waals surface area contributed by atoms with Gasteiger partial charge in [-0.05, 0) is 28.7 Å². The summed E-state index contributed by atoms with van der Waals surface area (Å²) < 4.78 is 0. The number of carbonyl (C=O) groups is 2. The quantitative estimate of drug-likeness (QED) is 0.687. The van der Waals surface area contributed by atoms with Crippen LogP contribution in [0.3, 0.4) is 0 Å². The Balaban J connectivity index is 1.87. The fourth-order valence-corrected chi connectivity index (χ4v) is 2.89. The van der Waals surface area contributed by atoms with Gasteiger partial charge in [0, 0.05) is 0 Å². The summed E-state index contributed by atoms with van der Waals surface area (Å²) in [6.07, 6.45) is 0.927. The lowest BCUT2D eigenvalue weighted by molar-refractivity contribution is -0.126. The third-order valence-electron chi connectivity index (χ3n) is 4.02. The van der Waals surface area contributed by atoms with E-state index in [2.05, 4.69) is 10.6 Å². The molecule has 2 rings (SSSR count). The SMILES string of the molecule is CC(C)CC(CO)NC(=O)CNC(=O)Cc1cccc2ccccc12. The fourth-order valence-electron chi connectivity index (χ4n) is 2.89. The second-order valence-electron chi connectivity index (χ2n) is 6.67. The number of fused-ring (bicyclic) bond motifs is 1. The van der Waals surface area contributed by atoms with Crippen molar-refractivity contribution < 1.29 is 14.7 Å². The van der Waals surface area contributed by atoms with E-state index in [1.165, 1.54) is 0 Å². The number of hydrogen-bond acceptors (Lipinski definition) is 3. The zero-order valence-electron chi connectivity index (χ0n) is 14.8. The highest BCUT2D eigenvalue weighted by molar-refractivity contribution is 5.91. The number of nitrogens with one attached hydrogen (secondary N) is 2. The lowest BCUT2D eigenvalue weighted by Gasteiger charge is -2.18. The molecule has 1 atom stereocenters. The van der Waals surface area contributed by atoms with Crippen molar-refractivity contribution in [1.29, 1.82) is 0 Å². The van der Waals surface area contributed by atoms with Gasteiger partial charge >= 0.3 is 0 Å². The minimum absolute atomic E-state index is 0.0851.